The summed E-state index contributed by atoms with van der Waals surface area (Å²) in [6.07, 6.45) is -1.04. The summed E-state index contributed by atoms with van der Waals surface area (Å²) in [5.41, 5.74) is 0.296. The summed E-state index contributed by atoms with van der Waals surface area (Å²) in [7, 11) is 1.39. The standard InChI is InChI=1S/C29H29F4N3O5/c1-40-24(38)16-17-6-8-18(9-7-17)19-10-12-20(13-11-19)35-23(37)14-15-34-27(39)25-26(29(31,32)33)41-28(36-25)21-4-2-3-5-22(21)30/h2-5,10-13,17-18H,6-9,14-16H2,1H3,(H,34,39)(H,35,37). The minimum Gasteiger partial charge on any atom is -0.469 e. The first kappa shape index (κ1) is 29.8. The highest BCUT2D eigenvalue weighted by molar-refractivity contribution is 5.95. The van der Waals surface area contributed by atoms with Crippen LogP contribution in [0.5, 0.6) is 0 Å². The van der Waals surface area contributed by atoms with E-state index in [1.165, 1.54) is 25.3 Å². The van der Waals surface area contributed by atoms with Gasteiger partial charge in [-0.15, -0.1) is 0 Å². The third-order valence-corrected chi connectivity index (χ3v) is 7.04. The zero-order valence-corrected chi connectivity index (χ0v) is 22.2. The van der Waals surface area contributed by atoms with E-state index in [-0.39, 0.29) is 24.5 Å². The number of alkyl halides is 3. The van der Waals surface area contributed by atoms with Crippen LogP contribution in [0, 0.1) is 11.7 Å². The third kappa shape index (κ3) is 7.71. The van der Waals surface area contributed by atoms with Gasteiger partial charge in [0.25, 0.3) is 5.91 Å². The quantitative estimate of drug-likeness (QED) is 0.236. The molecule has 3 aromatic rings. The number of aromatic nitrogens is 1. The number of methoxy groups -OCH3 is 1. The molecule has 2 aromatic carbocycles. The number of anilines is 1. The van der Waals surface area contributed by atoms with Crippen LogP contribution in [0.4, 0.5) is 23.2 Å². The Labute approximate surface area is 233 Å². The maximum atomic E-state index is 14.0. The molecule has 0 bridgehead atoms. The molecule has 1 fully saturated rings. The van der Waals surface area contributed by atoms with Crippen molar-refractivity contribution in [3.63, 3.8) is 0 Å². The monoisotopic (exact) mass is 575 g/mol. The topological polar surface area (TPSA) is 111 Å². The number of hydrogen-bond acceptors (Lipinski definition) is 6. The highest BCUT2D eigenvalue weighted by Gasteiger charge is 2.42. The van der Waals surface area contributed by atoms with Crippen LogP contribution >= 0.6 is 0 Å². The molecule has 1 aromatic heterocycles. The lowest BCUT2D eigenvalue weighted by Crippen LogP contribution is -2.29. The Morgan fingerprint density at radius 2 is 1.71 bits per heavy atom. The maximum absolute atomic E-state index is 14.0. The first-order valence-electron chi connectivity index (χ1n) is 13.1. The molecule has 0 spiro atoms. The molecule has 1 heterocycles. The van der Waals surface area contributed by atoms with Crippen LogP contribution in [0.25, 0.3) is 11.5 Å². The molecule has 0 radical (unpaired) electrons. The summed E-state index contributed by atoms with van der Waals surface area (Å²) in [6.45, 7) is -0.267. The highest BCUT2D eigenvalue weighted by Crippen LogP contribution is 2.38. The van der Waals surface area contributed by atoms with Crippen LogP contribution in [-0.2, 0) is 20.5 Å². The Hall–Kier alpha value is -4.22. The van der Waals surface area contributed by atoms with Gasteiger partial charge in [-0.25, -0.2) is 9.37 Å². The predicted molar refractivity (Wildman–Crippen MR) is 140 cm³/mol. The lowest BCUT2D eigenvalue weighted by molar-refractivity contribution is -0.153. The minimum atomic E-state index is -5.05. The van der Waals surface area contributed by atoms with E-state index in [2.05, 4.69) is 15.6 Å². The zero-order valence-electron chi connectivity index (χ0n) is 22.2. The second-order valence-electron chi connectivity index (χ2n) is 9.85. The van der Waals surface area contributed by atoms with Crippen molar-refractivity contribution in [2.75, 3.05) is 19.0 Å². The van der Waals surface area contributed by atoms with Crippen LogP contribution in [0.15, 0.2) is 52.9 Å². The van der Waals surface area contributed by atoms with Crippen LogP contribution in [0.1, 0.15) is 66.3 Å². The molecule has 1 saturated carbocycles. The van der Waals surface area contributed by atoms with Gasteiger partial charge >= 0.3 is 12.1 Å². The van der Waals surface area contributed by atoms with E-state index in [0.717, 1.165) is 37.3 Å². The van der Waals surface area contributed by atoms with E-state index in [4.69, 9.17) is 9.15 Å². The van der Waals surface area contributed by atoms with Gasteiger partial charge in [0.2, 0.25) is 17.6 Å². The van der Waals surface area contributed by atoms with Crippen molar-refractivity contribution in [3.8, 4) is 11.5 Å². The number of halogens is 4. The third-order valence-electron chi connectivity index (χ3n) is 7.04. The van der Waals surface area contributed by atoms with Gasteiger partial charge in [0.05, 0.1) is 12.7 Å². The van der Waals surface area contributed by atoms with E-state index in [9.17, 15) is 31.9 Å². The van der Waals surface area contributed by atoms with Crippen molar-refractivity contribution in [3.05, 3.63) is 71.4 Å². The summed E-state index contributed by atoms with van der Waals surface area (Å²) in [5, 5.41) is 4.92. The van der Waals surface area contributed by atoms with Gasteiger partial charge in [-0.1, -0.05) is 24.3 Å². The zero-order chi connectivity index (χ0) is 29.6. The van der Waals surface area contributed by atoms with Gasteiger partial charge in [0.15, 0.2) is 5.69 Å². The normalized spacial score (nSPS) is 17.1. The highest BCUT2D eigenvalue weighted by atomic mass is 19.4. The molecule has 0 unspecified atom stereocenters. The molecule has 41 heavy (non-hydrogen) atoms. The summed E-state index contributed by atoms with van der Waals surface area (Å²) in [5.74, 6) is -4.36. The number of amides is 2. The molecule has 218 valence electrons. The van der Waals surface area contributed by atoms with Gasteiger partial charge < -0.3 is 19.8 Å². The Morgan fingerprint density at radius 1 is 1.02 bits per heavy atom. The number of nitrogens with zero attached hydrogens (tertiary/aromatic N) is 1. The smallest absolute Gasteiger partial charge is 0.452 e. The average Bonchev–Trinajstić information content (AvgIpc) is 3.40. The number of oxazole rings is 1. The van der Waals surface area contributed by atoms with Crippen molar-refractivity contribution in [2.45, 2.75) is 50.6 Å². The molecule has 8 nitrogen and oxygen atoms in total. The summed E-state index contributed by atoms with van der Waals surface area (Å²) < 4.78 is 63.9. The first-order chi connectivity index (χ1) is 19.5. The summed E-state index contributed by atoms with van der Waals surface area (Å²) in [4.78, 5) is 39.9. The Morgan fingerprint density at radius 3 is 2.34 bits per heavy atom. The van der Waals surface area contributed by atoms with Crippen molar-refractivity contribution >= 4 is 23.5 Å². The second-order valence-corrected chi connectivity index (χ2v) is 9.85. The van der Waals surface area contributed by atoms with Crippen molar-refractivity contribution in [1.29, 1.82) is 0 Å². The van der Waals surface area contributed by atoms with Crippen LogP contribution in [-0.4, -0.2) is 36.4 Å². The van der Waals surface area contributed by atoms with Gasteiger partial charge in [-0.2, -0.15) is 13.2 Å². The van der Waals surface area contributed by atoms with E-state index in [1.807, 2.05) is 12.1 Å². The molecule has 0 aliphatic heterocycles. The molecule has 2 amide bonds. The van der Waals surface area contributed by atoms with Gasteiger partial charge in [-0.05, 0) is 67.3 Å². The van der Waals surface area contributed by atoms with Crippen LogP contribution in [0.2, 0.25) is 0 Å². The molecule has 0 saturated heterocycles. The van der Waals surface area contributed by atoms with E-state index in [0.29, 0.717) is 23.9 Å². The number of rotatable bonds is 9. The molecule has 0 atom stereocenters. The van der Waals surface area contributed by atoms with Crippen LogP contribution < -0.4 is 10.6 Å². The van der Waals surface area contributed by atoms with Crippen molar-refractivity contribution in [2.24, 2.45) is 5.92 Å². The summed E-state index contributed by atoms with van der Waals surface area (Å²) >= 11 is 0. The van der Waals surface area contributed by atoms with Crippen LogP contribution in [0.3, 0.4) is 0 Å². The number of carbonyl (C=O) groups is 3. The average molecular weight is 576 g/mol. The predicted octanol–water partition coefficient (Wildman–Crippen LogP) is 6.10. The SMILES string of the molecule is COC(=O)CC1CCC(c2ccc(NC(=O)CCNC(=O)c3nc(-c4ccccc4F)oc3C(F)(F)F)cc2)CC1. The van der Waals surface area contributed by atoms with Gasteiger partial charge in [0, 0.05) is 25.1 Å². The molecular weight excluding hydrogens is 546 g/mol. The molecule has 2 N–H and O–H groups in total. The Kier molecular flexibility index (Phi) is 9.41. The number of ether oxygens (including phenoxy) is 1. The lowest BCUT2D eigenvalue weighted by Gasteiger charge is -2.28. The Balaban J connectivity index is 1.28. The fourth-order valence-electron chi connectivity index (χ4n) is 4.87. The van der Waals surface area contributed by atoms with E-state index < -0.39 is 41.2 Å². The molecule has 12 heteroatoms. The van der Waals surface area contributed by atoms with E-state index in [1.54, 1.807) is 12.1 Å². The molecule has 1 aliphatic carbocycles. The number of benzene rings is 2. The molecular formula is C29H29F4N3O5. The van der Waals surface area contributed by atoms with E-state index >= 15 is 0 Å². The number of carbonyl (C=O) groups excluding carboxylic acids is 3. The fourth-order valence-corrected chi connectivity index (χ4v) is 4.87. The second kappa shape index (κ2) is 13.0. The van der Waals surface area contributed by atoms with Gasteiger partial charge in [-0.3, -0.25) is 14.4 Å². The largest absolute Gasteiger partial charge is 0.469 e. The first-order valence-corrected chi connectivity index (χ1v) is 13.1. The number of esters is 1. The Bertz CT molecular complexity index is 1380. The minimum absolute atomic E-state index is 0.189. The van der Waals surface area contributed by atoms with Crippen molar-refractivity contribution in [1.82, 2.24) is 10.3 Å². The fraction of sp³-hybridized carbons (Fsp3) is 0.379. The molecule has 1 aliphatic rings. The van der Waals surface area contributed by atoms with Gasteiger partial charge in [0.1, 0.15) is 5.82 Å². The van der Waals surface area contributed by atoms with Crippen molar-refractivity contribution < 1.29 is 41.1 Å². The number of hydrogen-bond donors (Lipinski definition) is 2. The molecule has 4 rings (SSSR count). The number of nitrogens with one attached hydrogen (secondary N) is 2. The maximum Gasteiger partial charge on any atom is 0.452 e. The lowest BCUT2D eigenvalue weighted by atomic mass is 9.77. The summed E-state index contributed by atoms with van der Waals surface area (Å²) in [6, 6.07) is 12.3.